The predicted octanol–water partition coefficient (Wildman–Crippen LogP) is 3.32. The fraction of sp³-hybridized carbons (Fsp3) is 0.348. The summed E-state index contributed by atoms with van der Waals surface area (Å²) in [6.07, 6.45) is 0.152. The fourth-order valence-corrected chi connectivity index (χ4v) is 3.74. The molecule has 1 aliphatic heterocycles. The number of nitrogens with two attached hydrogens (primary N) is 1. The zero-order valence-corrected chi connectivity index (χ0v) is 17.3. The molecule has 0 unspecified atom stereocenters. The van der Waals surface area contributed by atoms with Gasteiger partial charge in [-0.2, -0.15) is 0 Å². The molecule has 7 heteroatoms. The number of ether oxygens (including phenoxy) is 1. The number of likely N-dealkylation sites (tertiary alicyclic amines) is 1. The Morgan fingerprint density at radius 2 is 1.77 bits per heavy atom. The van der Waals surface area contributed by atoms with Gasteiger partial charge in [-0.05, 0) is 49.9 Å². The van der Waals surface area contributed by atoms with E-state index in [2.05, 4.69) is 5.32 Å². The van der Waals surface area contributed by atoms with Crippen molar-refractivity contribution in [2.45, 2.75) is 32.8 Å². The van der Waals surface area contributed by atoms with Crippen molar-refractivity contribution in [2.75, 3.05) is 18.4 Å². The normalized spacial score (nSPS) is 17.1. The van der Waals surface area contributed by atoms with Gasteiger partial charge in [0, 0.05) is 24.3 Å². The summed E-state index contributed by atoms with van der Waals surface area (Å²) in [5.41, 5.74) is 8.62. The average Bonchev–Trinajstić information content (AvgIpc) is 2.71. The van der Waals surface area contributed by atoms with E-state index in [1.165, 1.54) is 4.90 Å². The molecule has 1 aliphatic rings. The third kappa shape index (κ3) is 5.37. The maximum absolute atomic E-state index is 13.1. The van der Waals surface area contributed by atoms with Crippen LogP contribution in [0.1, 0.15) is 35.6 Å². The molecular formula is C23H27N3O4. The molecule has 7 nitrogen and oxygen atoms in total. The molecule has 0 bridgehead atoms. The number of esters is 1. The van der Waals surface area contributed by atoms with Crippen LogP contribution in [-0.2, 0) is 14.3 Å². The highest BCUT2D eigenvalue weighted by Crippen LogP contribution is 2.25. The van der Waals surface area contributed by atoms with Crippen LogP contribution < -0.4 is 11.1 Å². The monoisotopic (exact) mass is 409 g/mol. The number of hydrogen-bond donors (Lipinski definition) is 2. The second kappa shape index (κ2) is 9.43. The topological polar surface area (TPSA) is 102 Å². The third-order valence-electron chi connectivity index (χ3n) is 5.13. The Labute approximate surface area is 176 Å². The van der Waals surface area contributed by atoms with Crippen LogP contribution in [0.2, 0.25) is 0 Å². The van der Waals surface area contributed by atoms with E-state index in [4.69, 9.17) is 10.5 Å². The lowest BCUT2D eigenvalue weighted by Crippen LogP contribution is -2.45. The van der Waals surface area contributed by atoms with Crippen molar-refractivity contribution < 1.29 is 19.1 Å². The molecule has 1 heterocycles. The molecule has 0 spiro atoms. The fourth-order valence-electron chi connectivity index (χ4n) is 3.74. The Bertz CT molecular complexity index is 909. The number of primary amides is 1. The molecule has 158 valence electrons. The van der Waals surface area contributed by atoms with Crippen LogP contribution in [-0.4, -0.2) is 35.9 Å². The van der Waals surface area contributed by atoms with Crippen molar-refractivity contribution >= 4 is 23.6 Å². The smallest absolute Gasteiger partial charge is 0.314 e. The molecule has 2 aromatic rings. The van der Waals surface area contributed by atoms with Crippen LogP contribution in [0.25, 0.3) is 0 Å². The lowest BCUT2D eigenvalue weighted by molar-refractivity contribution is -0.160. The summed E-state index contributed by atoms with van der Waals surface area (Å²) in [6.45, 7) is 4.62. The van der Waals surface area contributed by atoms with E-state index in [-0.39, 0.29) is 6.54 Å². The Kier molecular flexibility index (Phi) is 6.72. The number of carbonyl (C=O) groups is 3. The van der Waals surface area contributed by atoms with E-state index >= 15 is 0 Å². The van der Waals surface area contributed by atoms with Gasteiger partial charge in [-0.25, -0.2) is 4.79 Å². The zero-order valence-electron chi connectivity index (χ0n) is 17.3. The molecule has 3 rings (SSSR count). The quantitative estimate of drug-likeness (QED) is 0.740. The number of aryl methyl sites for hydroxylation is 2. The molecule has 2 atom stereocenters. The summed E-state index contributed by atoms with van der Waals surface area (Å²) in [4.78, 5) is 38.8. The van der Waals surface area contributed by atoms with Gasteiger partial charge in [-0.3, -0.25) is 9.59 Å². The van der Waals surface area contributed by atoms with Gasteiger partial charge < -0.3 is 20.7 Å². The van der Waals surface area contributed by atoms with Gasteiger partial charge in [-0.1, -0.05) is 36.4 Å². The standard InChI is InChI=1S/C23H27N3O4/c1-15-11-16(2)13-19(12-15)25-21(27)20(17-7-4-3-5-8-17)30-22(28)18-9-6-10-26(14-18)23(24)29/h3-5,7-8,11-13,18,20H,6,9-10,14H2,1-2H3,(H2,24,29)(H,25,27)/t18-,20+/m0/s1. The highest BCUT2D eigenvalue weighted by atomic mass is 16.5. The molecule has 0 radical (unpaired) electrons. The minimum absolute atomic E-state index is 0.203. The van der Waals surface area contributed by atoms with Gasteiger partial charge in [0.1, 0.15) is 0 Å². The summed E-state index contributed by atoms with van der Waals surface area (Å²) in [7, 11) is 0. The number of piperidine rings is 1. The second-order valence-corrected chi connectivity index (χ2v) is 7.72. The summed E-state index contributed by atoms with van der Waals surface area (Å²) in [5, 5.41) is 2.86. The lowest BCUT2D eigenvalue weighted by atomic mass is 9.98. The number of nitrogens with one attached hydrogen (secondary N) is 1. The van der Waals surface area contributed by atoms with Crippen LogP contribution in [0.3, 0.4) is 0 Å². The number of anilines is 1. The Hall–Kier alpha value is -3.35. The first-order valence-corrected chi connectivity index (χ1v) is 10.0. The van der Waals surface area contributed by atoms with Gasteiger partial charge in [0.25, 0.3) is 5.91 Å². The minimum Gasteiger partial charge on any atom is -0.447 e. The number of urea groups is 1. The minimum atomic E-state index is -1.09. The van der Waals surface area contributed by atoms with Crippen molar-refractivity contribution in [1.29, 1.82) is 0 Å². The van der Waals surface area contributed by atoms with E-state index in [1.807, 2.05) is 38.1 Å². The average molecular weight is 409 g/mol. The van der Waals surface area contributed by atoms with Crippen LogP contribution in [0.15, 0.2) is 48.5 Å². The van der Waals surface area contributed by atoms with Gasteiger partial charge in [-0.15, -0.1) is 0 Å². The van der Waals surface area contributed by atoms with Crippen molar-refractivity contribution in [1.82, 2.24) is 4.90 Å². The number of nitrogens with zero attached hydrogens (tertiary/aromatic N) is 1. The SMILES string of the molecule is Cc1cc(C)cc(NC(=O)[C@H](OC(=O)[C@H]2CCCN(C(N)=O)C2)c2ccccc2)c1. The van der Waals surface area contributed by atoms with E-state index in [1.54, 1.807) is 24.3 Å². The molecule has 0 saturated carbocycles. The van der Waals surface area contributed by atoms with E-state index < -0.39 is 29.9 Å². The summed E-state index contributed by atoms with van der Waals surface area (Å²) in [6, 6.07) is 14.1. The first-order valence-electron chi connectivity index (χ1n) is 10.0. The highest BCUT2D eigenvalue weighted by molar-refractivity contribution is 5.96. The summed E-state index contributed by atoms with van der Waals surface area (Å²) < 4.78 is 5.67. The van der Waals surface area contributed by atoms with Crippen LogP contribution >= 0.6 is 0 Å². The molecule has 0 aliphatic carbocycles. The molecule has 3 N–H and O–H groups in total. The van der Waals surface area contributed by atoms with Crippen molar-refractivity contribution in [2.24, 2.45) is 11.7 Å². The molecule has 30 heavy (non-hydrogen) atoms. The number of amides is 3. The molecule has 2 aromatic carbocycles. The van der Waals surface area contributed by atoms with Gasteiger partial charge in [0.2, 0.25) is 6.10 Å². The second-order valence-electron chi connectivity index (χ2n) is 7.72. The van der Waals surface area contributed by atoms with Crippen molar-refractivity contribution in [3.63, 3.8) is 0 Å². The number of rotatable bonds is 5. The molecule has 0 aromatic heterocycles. The van der Waals surface area contributed by atoms with Gasteiger partial charge >= 0.3 is 12.0 Å². The van der Waals surface area contributed by atoms with Crippen LogP contribution in [0.5, 0.6) is 0 Å². The Balaban J connectivity index is 1.78. The van der Waals surface area contributed by atoms with Crippen molar-refractivity contribution in [3.8, 4) is 0 Å². The predicted molar refractivity (Wildman–Crippen MR) is 114 cm³/mol. The van der Waals surface area contributed by atoms with Gasteiger partial charge in [0.15, 0.2) is 0 Å². The number of benzene rings is 2. The molecule has 1 saturated heterocycles. The van der Waals surface area contributed by atoms with E-state index in [9.17, 15) is 14.4 Å². The highest BCUT2D eigenvalue weighted by Gasteiger charge is 2.33. The molecule has 3 amide bonds. The van der Waals surface area contributed by atoms with Gasteiger partial charge in [0.05, 0.1) is 5.92 Å². The largest absolute Gasteiger partial charge is 0.447 e. The first kappa shape index (κ1) is 21.4. The van der Waals surface area contributed by atoms with E-state index in [0.717, 1.165) is 11.1 Å². The van der Waals surface area contributed by atoms with E-state index in [0.29, 0.717) is 30.6 Å². The lowest BCUT2D eigenvalue weighted by Gasteiger charge is -2.31. The van der Waals surface area contributed by atoms with Crippen LogP contribution in [0, 0.1) is 19.8 Å². The Morgan fingerprint density at radius 1 is 1.10 bits per heavy atom. The van der Waals surface area contributed by atoms with Crippen molar-refractivity contribution in [3.05, 3.63) is 65.2 Å². The third-order valence-corrected chi connectivity index (χ3v) is 5.13. The number of carbonyl (C=O) groups excluding carboxylic acids is 3. The Morgan fingerprint density at radius 3 is 2.40 bits per heavy atom. The first-order chi connectivity index (χ1) is 14.3. The summed E-state index contributed by atoms with van der Waals surface area (Å²) >= 11 is 0. The maximum atomic E-state index is 13.1. The summed E-state index contributed by atoms with van der Waals surface area (Å²) in [5.74, 6) is -1.45. The maximum Gasteiger partial charge on any atom is 0.314 e. The zero-order chi connectivity index (χ0) is 21.7. The molecular weight excluding hydrogens is 382 g/mol. The number of hydrogen-bond acceptors (Lipinski definition) is 4. The molecule has 1 fully saturated rings. The van der Waals surface area contributed by atoms with Crippen LogP contribution in [0.4, 0.5) is 10.5 Å².